The fraction of sp³-hybridized carbons (Fsp3) is 0.500. The van der Waals surface area contributed by atoms with Crippen molar-refractivity contribution in [2.24, 2.45) is 0 Å². The number of benzene rings is 1. The van der Waals surface area contributed by atoms with Crippen LogP contribution in [0.15, 0.2) is 23.1 Å². The minimum atomic E-state index is -3.64. The van der Waals surface area contributed by atoms with Crippen LogP contribution < -0.4 is 4.72 Å². The van der Waals surface area contributed by atoms with Crippen LogP contribution in [-0.2, 0) is 25.4 Å². The van der Waals surface area contributed by atoms with E-state index in [4.69, 9.17) is 32.7 Å². The summed E-state index contributed by atoms with van der Waals surface area (Å²) < 4.78 is 36.7. The van der Waals surface area contributed by atoms with Crippen molar-refractivity contribution in [2.75, 3.05) is 27.4 Å². The Morgan fingerprint density at radius 3 is 2.55 bits per heavy atom. The van der Waals surface area contributed by atoms with Gasteiger partial charge in [-0.1, -0.05) is 17.7 Å². The zero-order valence-electron chi connectivity index (χ0n) is 11.2. The van der Waals surface area contributed by atoms with E-state index in [9.17, 15) is 8.42 Å². The van der Waals surface area contributed by atoms with Gasteiger partial charge < -0.3 is 9.47 Å². The van der Waals surface area contributed by atoms with Crippen LogP contribution in [0.1, 0.15) is 5.56 Å². The van der Waals surface area contributed by atoms with Gasteiger partial charge in [-0.2, -0.15) is 0 Å². The Hall–Kier alpha value is -0.370. The fourth-order valence-electron chi connectivity index (χ4n) is 1.49. The lowest BCUT2D eigenvalue weighted by Gasteiger charge is -2.15. The van der Waals surface area contributed by atoms with Crippen molar-refractivity contribution >= 4 is 33.2 Å². The lowest BCUT2D eigenvalue weighted by molar-refractivity contribution is 0.0320. The predicted molar refractivity (Wildman–Crippen MR) is 78.9 cm³/mol. The maximum atomic E-state index is 12.1. The van der Waals surface area contributed by atoms with E-state index >= 15 is 0 Å². The molecule has 8 heteroatoms. The summed E-state index contributed by atoms with van der Waals surface area (Å²) in [4.78, 5) is 0.0867. The number of alkyl halides is 1. The number of halogens is 2. The van der Waals surface area contributed by atoms with Crippen LogP contribution in [0.5, 0.6) is 0 Å². The predicted octanol–water partition coefficient (Wildman–Crippen LogP) is 2.02. The smallest absolute Gasteiger partial charge is 0.240 e. The summed E-state index contributed by atoms with van der Waals surface area (Å²) in [5, 5.41) is 0.322. The van der Waals surface area contributed by atoms with Crippen molar-refractivity contribution in [3.8, 4) is 0 Å². The molecule has 0 radical (unpaired) electrons. The summed E-state index contributed by atoms with van der Waals surface area (Å²) in [6.07, 6.45) is -0.354. The topological polar surface area (TPSA) is 64.6 Å². The second-order valence-electron chi connectivity index (χ2n) is 4.05. The molecule has 0 saturated heterocycles. The van der Waals surface area contributed by atoms with E-state index in [1.54, 1.807) is 6.07 Å². The van der Waals surface area contributed by atoms with Gasteiger partial charge in [0.1, 0.15) is 0 Å². The number of ether oxygens (including phenoxy) is 2. The first-order valence-corrected chi connectivity index (χ1v) is 8.20. The maximum absolute atomic E-state index is 12.1. The standard InChI is InChI=1S/C12H17Cl2NO4S/c1-18-8-10(19-2)7-15-20(16,17)11-4-3-9(6-13)12(14)5-11/h3-5,10,15H,6-8H2,1-2H3. The lowest BCUT2D eigenvalue weighted by atomic mass is 10.2. The van der Waals surface area contributed by atoms with E-state index in [0.29, 0.717) is 17.2 Å². The summed E-state index contributed by atoms with van der Waals surface area (Å²) in [5.41, 5.74) is 0.682. The Bertz CT molecular complexity index is 536. The summed E-state index contributed by atoms with van der Waals surface area (Å²) >= 11 is 11.6. The highest BCUT2D eigenvalue weighted by Crippen LogP contribution is 2.22. The molecule has 0 amide bonds. The molecule has 1 unspecified atom stereocenters. The Kier molecular flexibility index (Phi) is 7.22. The van der Waals surface area contributed by atoms with Crippen LogP contribution in [0.3, 0.4) is 0 Å². The van der Waals surface area contributed by atoms with Crippen LogP contribution in [0, 0.1) is 0 Å². The number of hydrogen-bond acceptors (Lipinski definition) is 4. The van der Waals surface area contributed by atoms with E-state index in [1.165, 1.54) is 26.4 Å². The molecule has 114 valence electrons. The van der Waals surface area contributed by atoms with Gasteiger partial charge in [-0.25, -0.2) is 13.1 Å². The molecule has 1 rings (SSSR count). The van der Waals surface area contributed by atoms with Gasteiger partial charge in [-0.15, -0.1) is 11.6 Å². The van der Waals surface area contributed by atoms with Gasteiger partial charge in [-0.05, 0) is 17.7 Å². The average molecular weight is 342 g/mol. The Balaban J connectivity index is 2.81. The number of sulfonamides is 1. The quantitative estimate of drug-likeness (QED) is 0.734. The molecule has 1 atom stereocenters. The SMILES string of the molecule is COCC(CNS(=O)(=O)c1ccc(CCl)c(Cl)c1)OC. The molecule has 0 spiro atoms. The van der Waals surface area contributed by atoms with Crippen LogP contribution in [0.4, 0.5) is 0 Å². The van der Waals surface area contributed by atoms with Crippen molar-refractivity contribution in [3.05, 3.63) is 28.8 Å². The molecule has 0 aliphatic heterocycles. The highest BCUT2D eigenvalue weighted by molar-refractivity contribution is 7.89. The van der Waals surface area contributed by atoms with Crippen LogP contribution in [0.2, 0.25) is 5.02 Å². The molecule has 0 saturated carbocycles. The third kappa shape index (κ3) is 4.87. The first-order valence-electron chi connectivity index (χ1n) is 5.80. The van der Waals surface area contributed by atoms with Gasteiger partial charge in [0.25, 0.3) is 0 Å². The third-order valence-electron chi connectivity index (χ3n) is 2.67. The maximum Gasteiger partial charge on any atom is 0.240 e. The molecule has 0 fully saturated rings. The minimum absolute atomic E-state index is 0.0867. The van der Waals surface area contributed by atoms with Gasteiger partial charge in [0.2, 0.25) is 10.0 Å². The van der Waals surface area contributed by atoms with Crippen LogP contribution >= 0.6 is 23.2 Å². The Morgan fingerprint density at radius 1 is 1.35 bits per heavy atom. The number of rotatable bonds is 8. The van der Waals surface area contributed by atoms with Gasteiger partial charge in [0, 0.05) is 31.7 Å². The molecular formula is C12H17Cl2NO4S. The van der Waals surface area contributed by atoms with Crippen molar-refractivity contribution in [3.63, 3.8) is 0 Å². The van der Waals surface area contributed by atoms with E-state index in [-0.39, 0.29) is 23.4 Å². The first-order chi connectivity index (χ1) is 9.44. The van der Waals surface area contributed by atoms with Crippen LogP contribution in [-0.4, -0.2) is 41.9 Å². The number of methoxy groups -OCH3 is 2. The molecule has 0 heterocycles. The summed E-state index contributed by atoms with van der Waals surface area (Å²) in [7, 11) is -0.635. The van der Waals surface area contributed by atoms with Crippen LogP contribution in [0.25, 0.3) is 0 Å². The highest BCUT2D eigenvalue weighted by Gasteiger charge is 2.18. The molecular weight excluding hydrogens is 325 g/mol. The second-order valence-corrected chi connectivity index (χ2v) is 6.49. The zero-order chi connectivity index (χ0) is 15.2. The first kappa shape index (κ1) is 17.7. The van der Waals surface area contributed by atoms with E-state index in [2.05, 4.69) is 4.72 Å². The van der Waals surface area contributed by atoms with Gasteiger partial charge >= 0.3 is 0 Å². The molecule has 1 aromatic rings. The van der Waals surface area contributed by atoms with Gasteiger partial charge in [0.15, 0.2) is 0 Å². The minimum Gasteiger partial charge on any atom is -0.382 e. The monoisotopic (exact) mass is 341 g/mol. The Morgan fingerprint density at radius 2 is 2.05 bits per heavy atom. The lowest BCUT2D eigenvalue weighted by Crippen LogP contribution is -2.35. The van der Waals surface area contributed by atoms with Crippen molar-refractivity contribution in [2.45, 2.75) is 16.9 Å². The molecule has 0 aliphatic carbocycles. The summed E-state index contributed by atoms with van der Waals surface area (Å²) in [6, 6.07) is 4.43. The normalized spacial score (nSPS) is 13.4. The molecule has 0 bridgehead atoms. The number of nitrogens with one attached hydrogen (secondary N) is 1. The average Bonchev–Trinajstić information content (AvgIpc) is 2.43. The molecule has 1 N–H and O–H groups in total. The van der Waals surface area contributed by atoms with E-state index in [0.717, 1.165) is 0 Å². The fourth-order valence-corrected chi connectivity index (χ4v) is 3.19. The second kappa shape index (κ2) is 8.17. The molecule has 0 aliphatic rings. The van der Waals surface area contributed by atoms with Crippen molar-refractivity contribution in [1.29, 1.82) is 0 Å². The third-order valence-corrected chi connectivity index (χ3v) is 4.73. The largest absolute Gasteiger partial charge is 0.382 e. The molecule has 5 nitrogen and oxygen atoms in total. The zero-order valence-corrected chi connectivity index (χ0v) is 13.6. The van der Waals surface area contributed by atoms with E-state index < -0.39 is 10.0 Å². The molecule has 0 aromatic heterocycles. The summed E-state index contributed by atoms with van der Waals surface area (Å²) in [5.74, 6) is 0.228. The summed E-state index contributed by atoms with van der Waals surface area (Å²) in [6.45, 7) is 0.409. The molecule has 1 aromatic carbocycles. The highest BCUT2D eigenvalue weighted by atomic mass is 35.5. The van der Waals surface area contributed by atoms with Crippen molar-refractivity contribution < 1.29 is 17.9 Å². The van der Waals surface area contributed by atoms with Gasteiger partial charge in [-0.3, -0.25) is 0 Å². The molecule has 20 heavy (non-hydrogen) atoms. The number of hydrogen-bond donors (Lipinski definition) is 1. The van der Waals surface area contributed by atoms with Crippen molar-refractivity contribution in [1.82, 2.24) is 4.72 Å². The Labute approximate surface area is 129 Å². The van der Waals surface area contributed by atoms with E-state index in [1.807, 2.05) is 0 Å². The van der Waals surface area contributed by atoms with Gasteiger partial charge in [0.05, 0.1) is 17.6 Å².